The summed E-state index contributed by atoms with van der Waals surface area (Å²) < 4.78 is 5.02. The zero-order valence-corrected chi connectivity index (χ0v) is 12.4. The Bertz CT molecular complexity index is 243. The van der Waals surface area contributed by atoms with E-state index >= 15 is 0 Å². The summed E-state index contributed by atoms with van der Waals surface area (Å²) in [5.41, 5.74) is 0. The molecule has 0 aromatic heterocycles. The summed E-state index contributed by atoms with van der Waals surface area (Å²) in [4.78, 5) is 13.9. The third-order valence-electron chi connectivity index (χ3n) is 3.66. The van der Waals surface area contributed by atoms with Crippen molar-refractivity contribution in [1.29, 1.82) is 0 Å². The van der Waals surface area contributed by atoms with E-state index in [0.717, 1.165) is 52.2 Å². The lowest BCUT2D eigenvalue weighted by Gasteiger charge is -2.16. The molecular weight excluding hydrogens is 242 g/mol. The van der Waals surface area contributed by atoms with E-state index in [2.05, 4.69) is 22.6 Å². The number of hydrogen-bond donors (Lipinski definition) is 2. The third-order valence-corrected chi connectivity index (χ3v) is 3.66. The van der Waals surface area contributed by atoms with Crippen molar-refractivity contribution in [3.63, 3.8) is 0 Å². The minimum Gasteiger partial charge on any atom is -0.383 e. The molecule has 0 aromatic rings. The normalized spacial score (nSPS) is 19.0. The number of carbonyl (C=O) groups excluding carboxylic acids is 1. The van der Waals surface area contributed by atoms with Crippen LogP contribution in [0.2, 0.25) is 0 Å². The van der Waals surface area contributed by atoms with E-state index in [1.165, 1.54) is 6.42 Å². The maximum absolute atomic E-state index is 11.7. The van der Waals surface area contributed by atoms with Crippen LogP contribution in [0.3, 0.4) is 0 Å². The predicted molar refractivity (Wildman–Crippen MR) is 77.2 cm³/mol. The quantitative estimate of drug-likeness (QED) is 0.567. The molecule has 0 aliphatic carbocycles. The lowest BCUT2D eigenvalue weighted by molar-refractivity contribution is -0.121. The van der Waals surface area contributed by atoms with Gasteiger partial charge in [0.2, 0.25) is 5.91 Å². The van der Waals surface area contributed by atoms with Crippen molar-refractivity contribution in [1.82, 2.24) is 15.5 Å². The number of amides is 1. The van der Waals surface area contributed by atoms with Gasteiger partial charge in [-0.05, 0) is 51.9 Å². The van der Waals surface area contributed by atoms with Crippen LogP contribution >= 0.6 is 0 Å². The Hall–Kier alpha value is -0.650. The fourth-order valence-electron chi connectivity index (χ4n) is 2.32. The van der Waals surface area contributed by atoms with Gasteiger partial charge < -0.3 is 20.3 Å². The van der Waals surface area contributed by atoms with Crippen molar-refractivity contribution in [2.24, 2.45) is 5.92 Å². The zero-order chi connectivity index (χ0) is 13.9. The molecule has 0 aromatic carbocycles. The first-order valence-corrected chi connectivity index (χ1v) is 7.37. The predicted octanol–water partition coefficient (Wildman–Crippen LogP) is 0.461. The van der Waals surface area contributed by atoms with Gasteiger partial charge in [0.1, 0.15) is 0 Å². The standard InChI is InChI=1S/C14H29N3O2/c1-17(10-11-19-2)9-3-7-16-14(18)5-4-13-6-8-15-12-13/h13,15H,3-12H2,1-2H3,(H,16,18). The maximum Gasteiger partial charge on any atom is 0.220 e. The van der Waals surface area contributed by atoms with Crippen LogP contribution in [0.15, 0.2) is 0 Å². The Morgan fingerprint density at radius 3 is 3.00 bits per heavy atom. The van der Waals surface area contributed by atoms with Crippen molar-refractivity contribution in [3.05, 3.63) is 0 Å². The summed E-state index contributed by atoms with van der Waals surface area (Å²) in [6.45, 7) is 5.67. The molecule has 19 heavy (non-hydrogen) atoms. The highest BCUT2D eigenvalue weighted by Gasteiger charge is 2.15. The van der Waals surface area contributed by atoms with Crippen LogP contribution in [0, 0.1) is 5.92 Å². The summed E-state index contributed by atoms with van der Waals surface area (Å²) in [7, 11) is 3.79. The Morgan fingerprint density at radius 2 is 2.32 bits per heavy atom. The number of ether oxygens (including phenoxy) is 1. The van der Waals surface area contributed by atoms with Gasteiger partial charge in [-0.1, -0.05) is 0 Å². The topological polar surface area (TPSA) is 53.6 Å². The zero-order valence-electron chi connectivity index (χ0n) is 12.4. The van der Waals surface area contributed by atoms with Crippen molar-refractivity contribution in [2.45, 2.75) is 25.7 Å². The van der Waals surface area contributed by atoms with Crippen LogP contribution in [-0.2, 0) is 9.53 Å². The molecule has 2 N–H and O–H groups in total. The number of likely N-dealkylation sites (N-methyl/N-ethyl adjacent to an activating group) is 1. The van der Waals surface area contributed by atoms with Gasteiger partial charge in [0.15, 0.2) is 0 Å². The molecule has 1 fully saturated rings. The molecule has 1 atom stereocenters. The van der Waals surface area contributed by atoms with Gasteiger partial charge in [0.05, 0.1) is 6.61 Å². The second-order valence-electron chi connectivity index (χ2n) is 5.40. The van der Waals surface area contributed by atoms with Crippen molar-refractivity contribution >= 4 is 5.91 Å². The van der Waals surface area contributed by atoms with E-state index in [4.69, 9.17) is 4.74 Å². The Kier molecular flexibility index (Phi) is 8.79. The number of nitrogens with one attached hydrogen (secondary N) is 2. The van der Waals surface area contributed by atoms with Crippen LogP contribution in [0.1, 0.15) is 25.7 Å². The second-order valence-corrected chi connectivity index (χ2v) is 5.40. The number of nitrogens with zero attached hydrogens (tertiary/aromatic N) is 1. The van der Waals surface area contributed by atoms with Crippen molar-refractivity contribution in [3.8, 4) is 0 Å². The first-order valence-electron chi connectivity index (χ1n) is 7.37. The summed E-state index contributed by atoms with van der Waals surface area (Å²) in [5.74, 6) is 0.900. The molecular formula is C14H29N3O2. The molecule has 5 heteroatoms. The van der Waals surface area contributed by atoms with Gasteiger partial charge >= 0.3 is 0 Å². The molecule has 0 spiro atoms. The molecule has 0 radical (unpaired) electrons. The lowest BCUT2D eigenvalue weighted by Crippen LogP contribution is -2.29. The summed E-state index contributed by atoms with van der Waals surface area (Å²) in [5, 5.41) is 6.33. The first kappa shape index (κ1) is 16.4. The van der Waals surface area contributed by atoms with E-state index in [9.17, 15) is 4.79 Å². The summed E-state index contributed by atoms with van der Waals surface area (Å²) >= 11 is 0. The van der Waals surface area contributed by atoms with Gasteiger partial charge in [-0.25, -0.2) is 0 Å². The first-order chi connectivity index (χ1) is 9.22. The molecule has 1 heterocycles. The van der Waals surface area contributed by atoms with E-state index in [-0.39, 0.29) is 5.91 Å². The highest BCUT2D eigenvalue weighted by molar-refractivity contribution is 5.75. The van der Waals surface area contributed by atoms with Crippen molar-refractivity contribution < 1.29 is 9.53 Å². The van der Waals surface area contributed by atoms with Crippen LogP contribution in [-0.4, -0.2) is 64.3 Å². The van der Waals surface area contributed by atoms with Crippen LogP contribution < -0.4 is 10.6 Å². The molecule has 1 aliphatic rings. The summed E-state index contributed by atoms with van der Waals surface area (Å²) in [6, 6.07) is 0. The fourth-order valence-corrected chi connectivity index (χ4v) is 2.32. The van der Waals surface area contributed by atoms with E-state index in [0.29, 0.717) is 12.3 Å². The number of carbonyl (C=O) groups is 1. The minimum absolute atomic E-state index is 0.200. The van der Waals surface area contributed by atoms with E-state index < -0.39 is 0 Å². The Balaban J connectivity index is 1.91. The molecule has 1 aliphatic heterocycles. The molecule has 1 unspecified atom stereocenters. The molecule has 0 saturated carbocycles. The Morgan fingerprint density at radius 1 is 1.47 bits per heavy atom. The monoisotopic (exact) mass is 271 g/mol. The van der Waals surface area contributed by atoms with E-state index in [1.54, 1.807) is 7.11 Å². The maximum atomic E-state index is 11.7. The second kappa shape index (κ2) is 10.2. The van der Waals surface area contributed by atoms with Crippen LogP contribution in [0.4, 0.5) is 0 Å². The highest BCUT2D eigenvalue weighted by atomic mass is 16.5. The number of methoxy groups -OCH3 is 1. The highest BCUT2D eigenvalue weighted by Crippen LogP contribution is 2.13. The van der Waals surface area contributed by atoms with Crippen molar-refractivity contribution in [2.75, 3.05) is 53.5 Å². The third kappa shape index (κ3) is 8.18. The van der Waals surface area contributed by atoms with Gasteiger partial charge in [0.25, 0.3) is 0 Å². The van der Waals surface area contributed by atoms with Crippen LogP contribution in [0.25, 0.3) is 0 Å². The van der Waals surface area contributed by atoms with E-state index in [1.807, 2.05) is 0 Å². The molecule has 112 valence electrons. The minimum atomic E-state index is 0.200. The molecule has 1 amide bonds. The van der Waals surface area contributed by atoms with Gasteiger partial charge in [-0.2, -0.15) is 0 Å². The largest absolute Gasteiger partial charge is 0.383 e. The average Bonchev–Trinajstić information content (AvgIpc) is 2.92. The summed E-state index contributed by atoms with van der Waals surface area (Å²) in [6.07, 6.45) is 3.91. The average molecular weight is 271 g/mol. The molecule has 0 bridgehead atoms. The number of hydrogen-bond acceptors (Lipinski definition) is 4. The molecule has 1 saturated heterocycles. The van der Waals surface area contributed by atoms with Gasteiger partial charge in [0, 0.05) is 26.6 Å². The van der Waals surface area contributed by atoms with Gasteiger partial charge in [-0.3, -0.25) is 4.79 Å². The van der Waals surface area contributed by atoms with Crippen LogP contribution in [0.5, 0.6) is 0 Å². The Labute approximate surface area is 117 Å². The smallest absolute Gasteiger partial charge is 0.220 e. The van der Waals surface area contributed by atoms with Gasteiger partial charge in [-0.15, -0.1) is 0 Å². The SMILES string of the molecule is COCCN(C)CCCNC(=O)CCC1CCNC1. The fraction of sp³-hybridized carbons (Fsp3) is 0.929. The molecule has 1 rings (SSSR count). The lowest BCUT2D eigenvalue weighted by atomic mass is 10.0. The number of rotatable bonds is 10. The molecule has 5 nitrogen and oxygen atoms in total.